The molecule has 2 heterocycles. The van der Waals surface area contributed by atoms with Crippen molar-refractivity contribution in [3.05, 3.63) is 47.4 Å². The van der Waals surface area contributed by atoms with Gasteiger partial charge in [0, 0.05) is 36.7 Å². The minimum atomic E-state index is -0.111. The monoisotopic (exact) mass is 407 g/mol. The van der Waals surface area contributed by atoms with E-state index in [1.54, 1.807) is 19.3 Å². The van der Waals surface area contributed by atoms with Crippen LogP contribution in [0.4, 0.5) is 11.5 Å². The number of hydrogen-bond acceptors (Lipinski definition) is 5. The fourth-order valence-corrected chi connectivity index (χ4v) is 4.60. The van der Waals surface area contributed by atoms with Crippen LogP contribution >= 0.6 is 0 Å². The lowest BCUT2D eigenvalue weighted by Crippen LogP contribution is -2.51. The van der Waals surface area contributed by atoms with E-state index in [9.17, 15) is 9.59 Å². The third kappa shape index (κ3) is 3.76. The van der Waals surface area contributed by atoms with E-state index < -0.39 is 0 Å². The summed E-state index contributed by atoms with van der Waals surface area (Å²) in [5, 5.41) is 6.40. The minimum absolute atomic E-state index is 0.0411. The summed E-state index contributed by atoms with van der Waals surface area (Å²) in [5.41, 5.74) is 3.27. The summed E-state index contributed by atoms with van der Waals surface area (Å²) < 4.78 is 0. The molecule has 4 rings (SSSR count). The van der Waals surface area contributed by atoms with E-state index in [0.29, 0.717) is 23.8 Å². The first-order valence-electron chi connectivity index (χ1n) is 10.7. The number of nitrogens with one attached hydrogen (secondary N) is 2. The fourth-order valence-electron chi connectivity index (χ4n) is 4.60. The van der Waals surface area contributed by atoms with Gasteiger partial charge in [0.2, 0.25) is 5.91 Å². The molecule has 1 aliphatic heterocycles. The predicted octanol–water partition coefficient (Wildman–Crippen LogP) is 3.47. The van der Waals surface area contributed by atoms with E-state index in [1.165, 1.54) is 0 Å². The SMILES string of the molecule is CCNC(=O)c1ccc2c(c1)[C@H](Nc1cnc(C)cn1)[C@@H](C)[C@H](C1CC1)N2C(C)=O. The first kappa shape index (κ1) is 20.3. The molecular weight excluding hydrogens is 378 g/mol. The maximum atomic E-state index is 12.7. The number of rotatable bonds is 5. The van der Waals surface area contributed by atoms with Crippen molar-refractivity contribution in [2.24, 2.45) is 11.8 Å². The molecule has 2 aliphatic rings. The van der Waals surface area contributed by atoms with Crippen molar-refractivity contribution in [3.63, 3.8) is 0 Å². The average Bonchev–Trinajstić information content (AvgIpc) is 3.55. The molecule has 0 radical (unpaired) electrons. The van der Waals surface area contributed by atoms with Crippen molar-refractivity contribution in [3.8, 4) is 0 Å². The smallest absolute Gasteiger partial charge is 0.251 e. The molecule has 2 aromatic rings. The molecule has 1 aromatic heterocycles. The molecule has 1 fully saturated rings. The molecule has 30 heavy (non-hydrogen) atoms. The van der Waals surface area contributed by atoms with Crippen LogP contribution in [-0.4, -0.2) is 34.4 Å². The highest BCUT2D eigenvalue weighted by atomic mass is 16.2. The largest absolute Gasteiger partial charge is 0.362 e. The molecular formula is C23H29N5O2. The van der Waals surface area contributed by atoms with Gasteiger partial charge < -0.3 is 15.5 Å². The highest BCUT2D eigenvalue weighted by Crippen LogP contribution is 2.50. The van der Waals surface area contributed by atoms with Crippen LogP contribution in [0, 0.1) is 18.8 Å². The number of nitrogens with zero attached hydrogens (tertiary/aromatic N) is 3. The number of carbonyl (C=O) groups is 2. The third-order valence-electron chi connectivity index (χ3n) is 6.11. The van der Waals surface area contributed by atoms with Crippen LogP contribution in [0.15, 0.2) is 30.6 Å². The molecule has 0 unspecified atom stereocenters. The van der Waals surface area contributed by atoms with Gasteiger partial charge in [-0.25, -0.2) is 4.98 Å². The Labute approximate surface area is 177 Å². The second-order valence-corrected chi connectivity index (χ2v) is 8.37. The summed E-state index contributed by atoms with van der Waals surface area (Å²) in [6.07, 6.45) is 5.76. The zero-order chi connectivity index (χ0) is 21.4. The molecule has 2 amide bonds. The van der Waals surface area contributed by atoms with Gasteiger partial charge in [0.25, 0.3) is 5.91 Å². The Bertz CT molecular complexity index is 955. The predicted molar refractivity (Wildman–Crippen MR) is 116 cm³/mol. The Balaban J connectivity index is 1.80. The first-order chi connectivity index (χ1) is 14.4. The first-order valence-corrected chi connectivity index (χ1v) is 10.7. The summed E-state index contributed by atoms with van der Waals surface area (Å²) in [6, 6.07) is 5.68. The standard InChI is InChI=1S/C23H29N5O2/c1-5-24-23(30)17-8-9-19-18(10-17)21(27-20-12-25-13(2)11-26-20)14(3)22(16-6-7-16)28(19)15(4)29/h8-12,14,16,21-22H,5-7H2,1-4H3,(H,24,30)(H,26,27)/t14-,21-,22-/m1/s1. The van der Waals surface area contributed by atoms with Crippen LogP contribution in [-0.2, 0) is 4.79 Å². The number of hydrogen-bond donors (Lipinski definition) is 2. The number of carbonyl (C=O) groups excluding carboxylic acids is 2. The Hall–Kier alpha value is -2.96. The van der Waals surface area contributed by atoms with Crippen molar-refractivity contribution in [1.29, 1.82) is 0 Å². The Kier molecular flexibility index (Phi) is 5.45. The summed E-state index contributed by atoms with van der Waals surface area (Å²) in [5.74, 6) is 1.28. The highest BCUT2D eigenvalue weighted by molar-refractivity contribution is 5.98. The fraction of sp³-hybridized carbons (Fsp3) is 0.478. The van der Waals surface area contributed by atoms with Crippen LogP contribution in [0.1, 0.15) is 61.3 Å². The van der Waals surface area contributed by atoms with Gasteiger partial charge in [-0.2, -0.15) is 0 Å². The maximum Gasteiger partial charge on any atom is 0.251 e. The highest BCUT2D eigenvalue weighted by Gasteiger charge is 2.47. The van der Waals surface area contributed by atoms with E-state index in [1.807, 2.05) is 36.9 Å². The van der Waals surface area contributed by atoms with Crippen molar-refractivity contribution < 1.29 is 9.59 Å². The maximum absolute atomic E-state index is 12.7. The normalized spacial score (nSPS) is 22.9. The van der Waals surface area contributed by atoms with Crippen molar-refractivity contribution in [2.45, 2.75) is 52.6 Å². The summed E-state index contributed by atoms with van der Waals surface area (Å²) in [7, 11) is 0. The Morgan fingerprint density at radius 2 is 1.97 bits per heavy atom. The van der Waals surface area contributed by atoms with E-state index in [2.05, 4.69) is 27.5 Å². The molecule has 0 bridgehead atoms. The minimum Gasteiger partial charge on any atom is -0.362 e. The lowest BCUT2D eigenvalue weighted by Gasteiger charge is -2.46. The summed E-state index contributed by atoms with van der Waals surface area (Å²) >= 11 is 0. The lowest BCUT2D eigenvalue weighted by atomic mass is 9.79. The van der Waals surface area contributed by atoms with Crippen LogP contribution < -0.4 is 15.5 Å². The molecule has 0 saturated heterocycles. The second kappa shape index (κ2) is 8.05. The number of aryl methyl sites for hydroxylation is 1. The lowest BCUT2D eigenvalue weighted by molar-refractivity contribution is -0.117. The molecule has 1 saturated carbocycles. The van der Waals surface area contributed by atoms with Gasteiger partial charge in [-0.1, -0.05) is 6.92 Å². The van der Waals surface area contributed by atoms with Gasteiger partial charge in [0.1, 0.15) is 5.82 Å². The quantitative estimate of drug-likeness (QED) is 0.792. The van der Waals surface area contributed by atoms with Gasteiger partial charge >= 0.3 is 0 Å². The second-order valence-electron chi connectivity index (χ2n) is 8.37. The topological polar surface area (TPSA) is 87.2 Å². The molecule has 7 nitrogen and oxygen atoms in total. The van der Waals surface area contributed by atoms with Gasteiger partial charge in [0.05, 0.1) is 24.1 Å². The van der Waals surface area contributed by atoms with Gasteiger partial charge in [-0.3, -0.25) is 14.6 Å². The molecule has 1 aromatic carbocycles. The molecule has 2 N–H and O–H groups in total. The van der Waals surface area contributed by atoms with Crippen LogP contribution in [0.25, 0.3) is 0 Å². The van der Waals surface area contributed by atoms with Crippen LogP contribution in [0.3, 0.4) is 0 Å². The summed E-state index contributed by atoms with van der Waals surface area (Å²) in [6.45, 7) is 8.18. The average molecular weight is 408 g/mol. The number of aromatic nitrogens is 2. The number of amides is 2. The molecule has 158 valence electrons. The Morgan fingerprint density at radius 3 is 2.57 bits per heavy atom. The van der Waals surface area contributed by atoms with Crippen molar-refractivity contribution in [1.82, 2.24) is 15.3 Å². The van der Waals surface area contributed by atoms with Crippen molar-refractivity contribution in [2.75, 3.05) is 16.8 Å². The molecule has 7 heteroatoms. The van der Waals surface area contributed by atoms with E-state index in [4.69, 9.17) is 0 Å². The van der Waals surface area contributed by atoms with Crippen LogP contribution in [0.2, 0.25) is 0 Å². The zero-order valence-electron chi connectivity index (χ0n) is 18.0. The van der Waals surface area contributed by atoms with Gasteiger partial charge in [-0.15, -0.1) is 0 Å². The molecule has 3 atom stereocenters. The van der Waals surface area contributed by atoms with E-state index >= 15 is 0 Å². The van der Waals surface area contributed by atoms with E-state index in [-0.39, 0.29) is 29.8 Å². The number of fused-ring (bicyclic) bond motifs is 1. The zero-order valence-corrected chi connectivity index (χ0v) is 18.0. The summed E-state index contributed by atoms with van der Waals surface area (Å²) in [4.78, 5) is 35.9. The Morgan fingerprint density at radius 1 is 1.20 bits per heavy atom. The van der Waals surface area contributed by atoms with Gasteiger partial charge in [-0.05, 0) is 56.4 Å². The van der Waals surface area contributed by atoms with E-state index in [0.717, 1.165) is 29.8 Å². The molecule has 0 spiro atoms. The van der Waals surface area contributed by atoms with Crippen molar-refractivity contribution >= 4 is 23.3 Å². The van der Waals surface area contributed by atoms with Gasteiger partial charge in [0.15, 0.2) is 0 Å². The van der Waals surface area contributed by atoms with Crippen LogP contribution in [0.5, 0.6) is 0 Å². The third-order valence-corrected chi connectivity index (χ3v) is 6.11. The number of anilines is 2. The number of benzene rings is 1. The molecule has 1 aliphatic carbocycles.